The third kappa shape index (κ3) is 47.1. The Hall–Kier alpha value is -3.82. The van der Waals surface area contributed by atoms with E-state index in [1.54, 1.807) is 36.5 Å². The Morgan fingerprint density at radius 1 is 0.507 bits per heavy atom. The molecule has 0 saturated heterocycles. The normalized spacial score (nSPS) is 16.0. The summed E-state index contributed by atoms with van der Waals surface area (Å²) in [7, 11) is -9.78. The number of carbonyl (C=O) groups excluding carboxylic acids is 2. The summed E-state index contributed by atoms with van der Waals surface area (Å²) >= 11 is 0. The summed E-state index contributed by atoms with van der Waals surface area (Å²) in [6.45, 7) is 1.18. The number of phosphoric acid groups is 2. The monoisotopic (exact) mass is 980 g/mol. The van der Waals surface area contributed by atoms with E-state index in [0.29, 0.717) is 32.1 Å². The van der Waals surface area contributed by atoms with Crippen molar-refractivity contribution in [3.05, 3.63) is 134 Å². The standard InChI is InChI=1S/C50H78O15P2/c1-3-5-7-8-9-10-11-12-13-14-15-16-17-18-19-20-24-27-33-40-50(55)65-48(44-64-67(59,60)63-42-47(53)41-62-66(56,57)58)43-61-49(54)39-34-28-32-38-46(52)37-31-26-23-21-22-25-30-36-45(51)35-29-6-4-2/h5-7,9-10,12-13,15-16,18-19,22-23,25-26,29-32,36-38,45-48,51-53H,3-4,8,11,14,17,20-21,24,27-28,33-35,39-44H2,1-2H3,(H,59,60)(H2,56,57,58)/b7-5-,10-9-,13-12-,16-15-,19-18-,25-22-,26-23-,29-6-,36-30+,37-31+,38-32-/t45-,46-,47+,48-/m1/s1. The number of ether oxygens (including phenoxy) is 2. The average Bonchev–Trinajstić information content (AvgIpc) is 3.28. The molecule has 1 unspecified atom stereocenters. The second-order valence-electron chi connectivity index (χ2n) is 15.0. The molecule has 0 aliphatic carbocycles. The number of aliphatic hydroxyl groups is 3. The molecule has 15 nitrogen and oxygen atoms in total. The lowest BCUT2D eigenvalue weighted by Gasteiger charge is -2.20. The predicted octanol–water partition coefficient (Wildman–Crippen LogP) is 10.2. The van der Waals surface area contributed by atoms with Gasteiger partial charge in [-0.05, 0) is 83.5 Å². The van der Waals surface area contributed by atoms with Crippen molar-refractivity contribution in [2.24, 2.45) is 0 Å². The molecule has 0 heterocycles. The van der Waals surface area contributed by atoms with Crippen LogP contribution in [0.3, 0.4) is 0 Å². The lowest BCUT2D eigenvalue weighted by molar-refractivity contribution is -0.161. The summed E-state index contributed by atoms with van der Waals surface area (Å²) in [6.07, 6.45) is 49.4. The highest BCUT2D eigenvalue weighted by Crippen LogP contribution is 2.43. The number of unbranched alkanes of at least 4 members (excludes halogenated alkanes) is 4. The van der Waals surface area contributed by atoms with Gasteiger partial charge in [-0.2, -0.15) is 0 Å². The van der Waals surface area contributed by atoms with E-state index in [0.717, 1.165) is 57.8 Å². The van der Waals surface area contributed by atoms with Crippen molar-refractivity contribution in [3.63, 3.8) is 0 Å². The highest BCUT2D eigenvalue weighted by atomic mass is 31.2. The van der Waals surface area contributed by atoms with Crippen molar-refractivity contribution in [1.29, 1.82) is 0 Å². The van der Waals surface area contributed by atoms with Gasteiger partial charge in [-0.15, -0.1) is 0 Å². The van der Waals surface area contributed by atoms with Crippen LogP contribution in [-0.4, -0.2) is 92.8 Å². The number of phosphoric ester groups is 2. The van der Waals surface area contributed by atoms with Crippen LogP contribution >= 0.6 is 15.6 Å². The topological polar surface area (TPSA) is 236 Å². The van der Waals surface area contributed by atoms with Crippen molar-refractivity contribution in [2.75, 3.05) is 26.4 Å². The second-order valence-corrected chi connectivity index (χ2v) is 17.7. The summed E-state index contributed by atoms with van der Waals surface area (Å²) in [4.78, 5) is 52.8. The molecular formula is C50H78O15P2. The van der Waals surface area contributed by atoms with Crippen molar-refractivity contribution >= 4 is 27.6 Å². The van der Waals surface area contributed by atoms with E-state index < -0.39 is 78.4 Å². The predicted molar refractivity (Wildman–Crippen MR) is 264 cm³/mol. The Kier molecular flexibility index (Phi) is 41.0. The van der Waals surface area contributed by atoms with E-state index in [4.69, 9.17) is 23.8 Å². The number of hydrogen-bond acceptors (Lipinski definition) is 12. The summed E-state index contributed by atoms with van der Waals surface area (Å²) in [6, 6.07) is 0. The number of hydrogen-bond donors (Lipinski definition) is 6. The number of carbonyl (C=O) groups is 2. The molecule has 0 spiro atoms. The molecule has 0 bridgehead atoms. The molecule has 67 heavy (non-hydrogen) atoms. The lowest BCUT2D eigenvalue weighted by Crippen LogP contribution is -2.30. The molecule has 0 aromatic carbocycles. The molecule has 0 aromatic heterocycles. The Balaban J connectivity index is 4.80. The average molecular weight is 981 g/mol. The van der Waals surface area contributed by atoms with E-state index in [1.807, 2.05) is 43.4 Å². The Morgan fingerprint density at radius 2 is 1.03 bits per heavy atom. The van der Waals surface area contributed by atoms with Gasteiger partial charge in [-0.3, -0.25) is 23.2 Å². The fourth-order valence-electron chi connectivity index (χ4n) is 5.23. The maximum Gasteiger partial charge on any atom is 0.472 e. The minimum absolute atomic E-state index is 0.00777. The van der Waals surface area contributed by atoms with Gasteiger partial charge in [0.2, 0.25) is 0 Å². The number of esters is 2. The van der Waals surface area contributed by atoms with Gasteiger partial charge >= 0.3 is 27.6 Å². The maximum atomic E-state index is 12.7. The van der Waals surface area contributed by atoms with Gasteiger partial charge < -0.3 is 39.5 Å². The summed E-state index contributed by atoms with van der Waals surface area (Å²) < 4.78 is 47.7. The Labute approximate surface area is 399 Å². The third-order valence-electron chi connectivity index (χ3n) is 8.70. The molecule has 5 atom stereocenters. The molecule has 6 N–H and O–H groups in total. The smallest absolute Gasteiger partial charge is 0.462 e. The maximum absolute atomic E-state index is 12.7. The molecule has 0 rings (SSSR count). The highest BCUT2D eigenvalue weighted by Gasteiger charge is 2.28. The molecule has 0 saturated carbocycles. The van der Waals surface area contributed by atoms with Crippen molar-refractivity contribution in [3.8, 4) is 0 Å². The SMILES string of the molecule is CC/C=C\C/C=C\C/C=C\C/C=C\C/C=C\CCCCCC(=O)O[C@H](COC(=O)CCC/C=C\[C@H](O)/C=C/C=C\C/C=C\C=C\[C@H](O)C/C=C\CC)COP(=O)(O)OC[C@@H](O)COP(=O)(O)O. The summed E-state index contributed by atoms with van der Waals surface area (Å²) in [5, 5.41) is 29.8. The van der Waals surface area contributed by atoms with E-state index in [1.165, 1.54) is 0 Å². The van der Waals surface area contributed by atoms with Crippen LogP contribution in [0.2, 0.25) is 0 Å². The van der Waals surface area contributed by atoms with Crippen LogP contribution in [-0.2, 0) is 41.8 Å². The van der Waals surface area contributed by atoms with Crippen LogP contribution in [0.15, 0.2) is 134 Å². The van der Waals surface area contributed by atoms with Crippen LogP contribution < -0.4 is 0 Å². The van der Waals surface area contributed by atoms with Gasteiger partial charge in [-0.25, -0.2) is 9.13 Å². The van der Waals surface area contributed by atoms with Crippen LogP contribution in [0.5, 0.6) is 0 Å². The summed E-state index contributed by atoms with van der Waals surface area (Å²) in [5.41, 5.74) is 0. The molecular weight excluding hydrogens is 902 g/mol. The second kappa shape index (κ2) is 43.5. The van der Waals surface area contributed by atoms with Crippen LogP contribution in [0.4, 0.5) is 0 Å². The first-order valence-corrected chi connectivity index (χ1v) is 26.1. The number of allylic oxidation sites excluding steroid dienone is 18. The summed E-state index contributed by atoms with van der Waals surface area (Å²) in [5.74, 6) is -1.27. The van der Waals surface area contributed by atoms with E-state index in [2.05, 4.69) is 76.7 Å². The largest absolute Gasteiger partial charge is 0.472 e. The van der Waals surface area contributed by atoms with Crippen molar-refractivity contribution in [1.82, 2.24) is 0 Å². The number of rotatable bonds is 41. The third-order valence-corrected chi connectivity index (χ3v) is 10.1. The van der Waals surface area contributed by atoms with Gasteiger partial charge in [0.1, 0.15) is 12.7 Å². The number of aliphatic hydroxyl groups excluding tert-OH is 3. The van der Waals surface area contributed by atoms with Crippen molar-refractivity contribution < 1.29 is 71.8 Å². The molecule has 378 valence electrons. The molecule has 0 aliphatic heterocycles. The van der Waals surface area contributed by atoms with Gasteiger partial charge in [0, 0.05) is 12.8 Å². The zero-order valence-corrected chi connectivity index (χ0v) is 41.2. The first-order chi connectivity index (χ1) is 32.2. The molecule has 0 aliphatic rings. The van der Waals surface area contributed by atoms with Gasteiger partial charge in [0.25, 0.3) is 0 Å². The molecule has 0 aromatic rings. The van der Waals surface area contributed by atoms with E-state index in [9.17, 15) is 38.9 Å². The zero-order chi connectivity index (χ0) is 49.7. The van der Waals surface area contributed by atoms with Gasteiger partial charge in [0.15, 0.2) is 6.10 Å². The minimum atomic E-state index is -4.90. The Morgan fingerprint density at radius 3 is 1.66 bits per heavy atom. The minimum Gasteiger partial charge on any atom is -0.462 e. The quantitative estimate of drug-likeness (QED) is 0.0110. The zero-order valence-electron chi connectivity index (χ0n) is 39.4. The van der Waals surface area contributed by atoms with Crippen molar-refractivity contribution in [2.45, 2.75) is 141 Å². The molecule has 0 fully saturated rings. The highest BCUT2D eigenvalue weighted by molar-refractivity contribution is 7.47. The molecule has 0 radical (unpaired) electrons. The fraction of sp³-hybridized carbons (Fsp3) is 0.520. The molecule has 17 heteroatoms. The fourth-order valence-corrected chi connectivity index (χ4v) is 6.39. The van der Waals surface area contributed by atoms with Crippen LogP contribution in [0.25, 0.3) is 0 Å². The Bertz CT molecular complexity index is 1720. The van der Waals surface area contributed by atoms with Crippen LogP contribution in [0.1, 0.15) is 117 Å². The first-order valence-electron chi connectivity index (χ1n) is 23.1. The lowest BCUT2D eigenvalue weighted by atomic mass is 10.1. The van der Waals surface area contributed by atoms with E-state index >= 15 is 0 Å². The van der Waals surface area contributed by atoms with E-state index in [-0.39, 0.29) is 12.8 Å². The first kappa shape index (κ1) is 63.2. The van der Waals surface area contributed by atoms with Crippen LogP contribution in [0, 0.1) is 0 Å². The molecule has 0 amide bonds. The van der Waals surface area contributed by atoms with Gasteiger partial charge in [0.05, 0.1) is 32.0 Å². The van der Waals surface area contributed by atoms with Gasteiger partial charge in [-0.1, -0.05) is 154 Å².